The van der Waals surface area contributed by atoms with Gasteiger partial charge in [-0.15, -0.1) is 0 Å². The van der Waals surface area contributed by atoms with Crippen LogP contribution < -0.4 is 4.74 Å². The fourth-order valence-electron chi connectivity index (χ4n) is 1.83. The Morgan fingerprint density at radius 1 is 1.59 bits per heavy atom. The zero-order valence-corrected chi connectivity index (χ0v) is 9.14. The number of aromatic hydroxyl groups is 1. The molecule has 0 spiro atoms. The average molecular weight is 240 g/mol. The molecule has 0 saturated heterocycles. The third kappa shape index (κ3) is 1.71. The maximum Gasteiger partial charge on any atom is 0.342 e. The van der Waals surface area contributed by atoms with Gasteiger partial charge in [0, 0.05) is 5.56 Å². The molecule has 1 aromatic carbocycles. The molecule has 0 saturated carbocycles. The van der Waals surface area contributed by atoms with Crippen LogP contribution in [-0.2, 0) is 11.3 Å². The Balaban J connectivity index is 2.70. The van der Waals surface area contributed by atoms with Gasteiger partial charge in [-0.1, -0.05) is 0 Å². The second kappa shape index (κ2) is 4.23. The van der Waals surface area contributed by atoms with Crippen molar-refractivity contribution in [1.82, 2.24) is 0 Å². The highest BCUT2D eigenvalue weighted by Crippen LogP contribution is 2.39. The number of rotatable bonds is 2. The number of methoxy groups -OCH3 is 1. The van der Waals surface area contributed by atoms with E-state index in [2.05, 4.69) is 0 Å². The lowest BCUT2D eigenvalue weighted by molar-refractivity contribution is 0.0161. The Labute approximate surface area is 97.0 Å². The average Bonchev–Trinajstić information content (AvgIpc) is 2.33. The zero-order chi connectivity index (χ0) is 12.6. The van der Waals surface area contributed by atoms with Crippen LogP contribution >= 0.6 is 0 Å². The Morgan fingerprint density at radius 3 is 2.88 bits per heavy atom. The van der Waals surface area contributed by atoms with Crippen LogP contribution in [0, 0.1) is 0 Å². The molecule has 1 aliphatic heterocycles. The number of ether oxygens (including phenoxy) is 2. The van der Waals surface area contributed by atoms with Gasteiger partial charge in [-0.25, -0.2) is 4.79 Å². The maximum atomic E-state index is 11.5. The van der Waals surface area contributed by atoms with E-state index in [1.54, 1.807) is 0 Å². The summed E-state index contributed by atoms with van der Waals surface area (Å²) in [4.78, 5) is 11.5. The predicted octanol–water partition coefficient (Wildman–Crippen LogP) is 0.0969. The molecule has 6 heteroatoms. The van der Waals surface area contributed by atoms with Crippen molar-refractivity contribution in [1.29, 1.82) is 0 Å². The number of aliphatic hydroxyl groups is 2. The topological polar surface area (TPSA) is 96.2 Å². The first-order chi connectivity index (χ1) is 8.10. The highest BCUT2D eigenvalue weighted by Gasteiger charge is 2.31. The summed E-state index contributed by atoms with van der Waals surface area (Å²) >= 11 is 0. The Hall–Kier alpha value is -1.79. The van der Waals surface area contributed by atoms with Crippen molar-refractivity contribution in [3.63, 3.8) is 0 Å². The fourth-order valence-corrected chi connectivity index (χ4v) is 1.83. The first-order valence-electron chi connectivity index (χ1n) is 4.99. The Kier molecular flexibility index (Phi) is 2.91. The maximum absolute atomic E-state index is 11.5. The molecule has 0 aromatic heterocycles. The van der Waals surface area contributed by atoms with Gasteiger partial charge in [0.15, 0.2) is 0 Å². The molecule has 1 aliphatic rings. The number of esters is 1. The molecule has 92 valence electrons. The van der Waals surface area contributed by atoms with Crippen molar-refractivity contribution in [3.05, 3.63) is 22.8 Å². The summed E-state index contributed by atoms with van der Waals surface area (Å²) in [6.07, 6.45) is -1.00. The van der Waals surface area contributed by atoms with E-state index in [1.165, 1.54) is 13.2 Å². The minimum absolute atomic E-state index is 0.0947. The largest absolute Gasteiger partial charge is 0.507 e. The molecule has 2 rings (SSSR count). The molecule has 6 nitrogen and oxygen atoms in total. The lowest BCUT2D eigenvalue weighted by Crippen LogP contribution is -2.23. The fraction of sp³-hybridized carbons (Fsp3) is 0.364. The van der Waals surface area contributed by atoms with E-state index >= 15 is 0 Å². The minimum Gasteiger partial charge on any atom is -0.507 e. The monoisotopic (exact) mass is 240 g/mol. The van der Waals surface area contributed by atoms with Crippen molar-refractivity contribution in [2.45, 2.75) is 12.7 Å². The van der Waals surface area contributed by atoms with Crippen LogP contribution in [0.1, 0.15) is 27.6 Å². The van der Waals surface area contributed by atoms with Crippen LogP contribution in [0.5, 0.6) is 11.5 Å². The van der Waals surface area contributed by atoms with Crippen molar-refractivity contribution >= 4 is 5.97 Å². The Morgan fingerprint density at radius 2 is 2.29 bits per heavy atom. The molecule has 0 unspecified atom stereocenters. The molecule has 17 heavy (non-hydrogen) atoms. The summed E-state index contributed by atoms with van der Waals surface area (Å²) in [6.45, 7) is -0.640. The van der Waals surface area contributed by atoms with E-state index in [9.17, 15) is 15.0 Å². The number of hydrogen-bond acceptors (Lipinski definition) is 6. The molecular weight excluding hydrogens is 228 g/mol. The zero-order valence-electron chi connectivity index (χ0n) is 9.14. The first kappa shape index (κ1) is 11.7. The molecule has 0 fully saturated rings. The van der Waals surface area contributed by atoms with E-state index in [4.69, 9.17) is 14.6 Å². The van der Waals surface area contributed by atoms with Gasteiger partial charge in [0.25, 0.3) is 0 Å². The van der Waals surface area contributed by atoms with Gasteiger partial charge in [-0.05, 0) is 6.07 Å². The van der Waals surface area contributed by atoms with E-state index in [1.807, 2.05) is 0 Å². The third-order valence-corrected chi connectivity index (χ3v) is 2.71. The van der Waals surface area contributed by atoms with Crippen LogP contribution in [-0.4, -0.2) is 35.0 Å². The summed E-state index contributed by atoms with van der Waals surface area (Å²) in [6, 6.07) is 1.42. The van der Waals surface area contributed by atoms with E-state index in [0.29, 0.717) is 0 Å². The van der Waals surface area contributed by atoms with Gasteiger partial charge < -0.3 is 24.8 Å². The summed E-state index contributed by atoms with van der Waals surface area (Å²) in [5, 5.41) is 28.7. The third-order valence-electron chi connectivity index (χ3n) is 2.71. The van der Waals surface area contributed by atoms with Gasteiger partial charge in [-0.2, -0.15) is 0 Å². The predicted molar refractivity (Wildman–Crippen MR) is 55.8 cm³/mol. The molecule has 0 amide bonds. The number of phenols is 1. The van der Waals surface area contributed by atoms with Crippen LogP contribution in [0.2, 0.25) is 0 Å². The van der Waals surface area contributed by atoms with Crippen LogP contribution in [0.3, 0.4) is 0 Å². The van der Waals surface area contributed by atoms with E-state index < -0.39 is 24.4 Å². The SMILES string of the molecule is COc1cc2c(c(O)c1CO)C(=O)OC[C@@H]2O. The lowest BCUT2D eigenvalue weighted by atomic mass is 9.96. The number of cyclic esters (lactones) is 1. The number of aliphatic hydroxyl groups excluding tert-OH is 2. The van der Waals surface area contributed by atoms with Crippen LogP contribution in [0.15, 0.2) is 6.07 Å². The smallest absolute Gasteiger partial charge is 0.342 e. The minimum atomic E-state index is -1.00. The highest BCUT2D eigenvalue weighted by atomic mass is 16.5. The number of hydrogen-bond donors (Lipinski definition) is 3. The Bertz CT molecular complexity index is 468. The van der Waals surface area contributed by atoms with Crippen LogP contribution in [0.4, 0.5) is 0 Å². The van der Waals surface area contributed by atoms with Gasteiger partial charge in [0.2, 0.25) is 0 Å². The number of carbonyl (C=O) groups is 1. The summed E-state index contributed by atoms with van der Waals surface area (Å²) < 4.78 is 9.68. The van der Waals surface area contributed by atoms with Crippen molar-refractivity contribution < 1.29 is 29.6 Å². The quantitative estimate of drug-likeness (QED) is 0.634. The number of fused-ring (bicyclic) bond motifs is 1. The summed E-state index contributed by atoms with van der Waals surface area (Å²) in [7, 11) is 1.37. The lowest BCUT2D eigenvalue weighted by Gasteiger charge is -2.23. The molecule has 1 atom stereocenters. The molecular formula is C11H12O6. The second-order valence-electron chi connectivity index (χ2n) is 3.64. The highest BCUT2D eigenvalue weighted by molar-refractivity contribution is 5.96. The molecule has 0 radical (unpaired) electrons. The van der Waals surface area contributed by atoms with Gasteiger partial charge in [0.05, 0.1) is 19.3 Å². The standard InChI is InChI=1S/C11H12O6/c1-16-8-2-5-7(13)4-17-11(15)9(5)10(14)6(8)3-12/h2,7,12-14H,3-4H2,1H3/t7-/m0/s1. The molecule has 0 bridgehead atoms. The van der Waals surface area contributed by atoms with Crippen LogP contribution in [0.25, 0.3) is 0 Å². The number of carbonyl (C=O) groups excluding carboxylic acids is 1. The second-order valence-corrected chi connectivity index (χ2v) is 3.64. The van der Waals surface area contributed by atoms with Crippen molar-refractivity contribution in [2.75, 3.05) is 13.7 Å². The molecule has 1 heterocycles. The number of benzene rings is 1. The van der Waals surface area contributed by atoms with Gasteiger partial charge >= 0.3 is 5.97 Å². The summed E-state index contributed by atoms with van der Waals surface area (Å²) in [5.41, 5.74) is 0.221. The van der Waals surface area contributed by atoms with Crippen molar-refractivity contribution in [2.24, 2.45) is 0 Å². The molecule has 1 aromatic rings. The van der Waals surface area contributed by atoms with Gasteiger partial charge in [0.1, 0.15) is 29.8 Å². The van der Waals surface area contributed by atoms with Gasteiger partial charge in [-0.3, -0.25) is 0 Å². The first-order valence-corrected chi connectivity index (χ1v) is 4.99. The molecule has 3 N–H and O–H groups in total. The normalized spacial score (nSPS) is 18.5. The summed E-state index contributed by atoms with van der Waals surface area (Å²) in [5.74, 6) is -0.914. The van der Waals surface area contributed by atoms with E-state index in [0.717, 1.165) is 0 Å². The molecule has 0 aliphatic carbocycles. The van der Waals surface area contributed by atoms with E-state index in [-0.39, 0.29) is 29.0 Å². The van der Waals surface area contributed by atoms with Crippen molar-refractivity contribution in [3.8, 4) is 11.5 Å².